The SMILES string of the molecule is c1ccc(-c2c3c(cc4sc5ccccc5c24)C2(c4ccccc4-c4ccccc42)c2ccc(N(c4ccccc4)c4ccccc4)cc2-3)cc1. The van der Waals surface area contributed by atoms with Gasteiger partial charge in [0.25, 0.3) is 0 Å². The molecule has 11 rings (SSSR count). The predicted molar refractivity (Wildman–Crippen MR) is 216 cm³/mol. The van der Waals surface area contributed by atoms with Crippen LogP contribution in [-0.2, 0) is 5.41 Å². The molecule has 0 amide bonds. The summed E-state index contributed by atoms with van der Waals surface area (Å²) in [6.45, 7) is 0. The summed E-state index contributed by atoms with van der Waals surface area (Å²) in [7, 11) is 0. The largest absolute Gasteiger partial charge is 0.310 e. The second-order valence-corrected chi connectivity index (χ2v) is 14.7. The van der Waals surface area contributed by atoms with Crippen LogP contribution in [0.3, 0.4) is 0 Å². The van der Waals surface area contributed by atoms with Gasteiger partial charge in [-0.15, -0.1) is 11.3 Å². The zero-order valence-corrected chi connectivity index (χ0v) is 28.6. The summed E-state index contributed by atoms with van der Waals surface area (Å²) in [6.07, 6.45) is 0. The standard InChI is InChI=1S/C49H31NS/c1-4-16-32(17-5-1)46-47-39-30-35(50(33-18-6-2-7-19-33)34-20-8-3-9-21-34)28-29-42(39)49(40-25-13-10-22-36(40)37-23-11-14-26-41(37)49)43(47)31-45-48(46)38-24-12-15-27-44(38)51-45/h1-31H. The van der Waals surface area contributed by atoms with Crippen LogP contribution in [0.2, 0.25) is 0 Å². The Bertz CT molecular complexity index is 2710. The first-order valence-corrected chi connectivity index (χ1v) is 18.4. The highest BCUT2D eigenvalue weighted by Crippen LogP contribution is 2.66. The van der Waals surface area contributed by atoms with E-state index in [4.69, 9.17) is 0 Å². The van der Waals surface area contributed by atoms with Crippen LogP contribution in [-0.4, -0.2) is 0 Å². The average molecular weight is 666 g/mol. The number of rotatable bonds is 4. The second kappa shape index (κ2) is 10.9. The monoisotopic (exact) mass is 665 g/mol. The first kappa shape index (κ1) is 28.6. The number of hydrogen-bond donors (Lipinski definition) is 0. The van der Waals surface area contributed by atoms with E-state index in [0.29, 0.717) is 0 Å². The Morgan fingerprint density at radius 3 is 1.59 bits per heavy atom. The van der Waals surface area contributed by atoms with Crippen molar-refractivity contribution >= 4 is 48.6 Å². The third-order valence-corrected chi connectivity index (χ3v) is 12.2. The molecule has 1 nitrogen and oxygen atoms in total. The van der Waals surface area contributed by atoms with Crippen molar-refractivity contribution in [2.24, 2.45) is 0 Å². The number of para-hydroxylation sites is 2. The number of benzene rings is 8. The summed E-state index contributed by atoms with van der Waals surface area (Å²) in [4.78, 5) is 2.39. The van der Waals surface area contributed by atoms with Gasteiger partial charge in [-0.1, -0.05) is 140 Å². The molecule has 238 valence electrons. The van der Waals surface area contributed by atoms with Crippen LogP contribution in [0.25, 0.3) is 53.6 Å². The lowest BCUT2D eigenvalue weighted by atomic mass is 9.70. The van der Waals surface area contributed by atoms with Crippen LogP contribution in [0.1, 0.15) is 22.3 Å². The highest BCUT2D eigenvalue weighted by Gasteiger charge is 2.52. The minimum atomic E-state index is -0.450. The third kappa shape index (κ3) is 3.91. The van der Waals surface area contributed by atoms with Crippen LogP contribution in [0.5, 0.6) is 0 Å². The normalized spacial score (nSPS) is 13.3. The molecule has 1 spiro atoms. The number of nitrogens with zero attached hydrogens (tertiary/aromatic N) is 1. The molecule has 0 aliphatic heterocycles. The van der Waals surface area contributed by atoms with Crippen LogP contribution in [0, 0.1) is 0 Å². The fourth-order valence-corrected chi connectivity index (χ4v) is 10.3. The number of hydrogen-bond acceptors (Lipinski definition) is 2. The van der Waals surface area contributed by atoms with E-state index < -0.39 is 5.41 Å². The van der Waals surface area contributed by atoms with E-state index >= 15 is 0 Å². The van der Waals surface area contributed by atoms with E-state index in [0.717, 1.165) is 17.1 Å². The Morgan fingerprint density at radius 2 is 0.922 bits per heavy atom. The minimum absolute atomic E-state index is 0.450. The molecule has 0 N–H and O–H groups in total. The van der Waals surface area contributed by atoms with E-state index in [1.165, 1.54) is 75.8 Å². The first-order valence-electron chi connectivity index (χ1n) is 17.6. The lowest BCUT2D eigenvalue weighted by molar-refractivity contribution is 0.795. The van der Waals surface area contributed by atoms with Crippen molar-refractivity contribution in [2.75, 3.05) is 4.90 Å². The van der Waals surface area contributed by atoms with Gasteiger partial charge in [0.15, 0.2) is 0 Å². The van der Waals surface area contributed by atoms with Gasteiger partial charge in [-0.05, 0) is 104 Å². The van der Waals surface area contributed by atoms with Gasteiger partial charge < -0.3 is 4.90 Å². The Kier molecular flexibility index (Phi) is 6.11. The van der Waals surface area contributed by atoms with Gasteiger partial charge in [0, 0.05) is 37.2 Å². The Labute approximate surface area is 301 Å². The Morgan fingerprint density at radius 1 is 0.373 bits per heavy atom. The van der Waals surface area contributed by atoms with Crippen molar-refractivity contribution < 1.29 is 0 Å². The van der Waals surface area contributed by atoms with Crippen LogP contribution in [0.15, 0.2) is 188 Å². The quantitative estimate of drug-likeness (QED) is 0.181. The van der Waals surface area contributed by atoms with Crippen molar-refractivity contribution in [2.45, 2.75) is 5.41 Å². The molecule has 0 fully saturated rings. The second-order valence-electron chi connectivity index (χ2n) is 13.6. The average Bonchev–Trinajstić information content (AvgIpc) is 3.82. The summed E-state index contributed by atoms with van der Waals surface area (Å²) >= 11 is 1.91. The highest BCUT2D eigenvalue weighted by atomic mass is 32.1. The first-order chi connectivity index (χ1) is 25.3. The van der Waals surface area contributed by atoms with Crippen molar-refractivity contribution in [1.29, 1.82) is 0 Å². The number of anilines is 3. The fourth-order valence-electron chi connectivity index (χ4n) is 9.12. The lowest BCUT2D eigenvalue weighted by Crippen LogP contribution is -2.26. The molecule has 0 atom stereocenters. The van der Waals surface area contributed by atoms with Gasteiger partial charge in [0.2, 0.25) is 0 Å². The number of thiophene rings is 1. The Hall–Kier alpha value is -6.22. The maximum Gasteiger partial charge on any atom is 0.0726 e. The lowest BCUT2D eigenvalue weighted by Gasteiger charge is -2.31. The number of fused-ring (bicyclic) bond motifs is 13. The van der Waals surface area contributed by atoms with Crippen LogP contribution >= 0.6 is 11.3 Å². The molecule has 0 bridgehead atoms. The van der Waals surface area contributed by atoms with E-state index in [2.05, 4.69) is 193 Å². The molecule has 1 heterocycles. The molecule has 0 saturated heterocycles. The van der Waals surface area contributed by atoms with Crippen molar-refractivity contribution in [3.8, 4) is 33.4 Å². The molecule has 1 aromatic heterocycles. The molecule has 2 aliphatic rings. The molecule has 0 saturated carbocycles. The topological polar surface area (TPSA) is 3.24 Å². The molecule has 51 heavy (non-hydrogen) atoms. The van der Waals surface area contributed by atoms with Gasteiger partial charge in [0.05, 0.1) is 5.41 Å². The van der Waals surface area contributed by atoms with Crippen molar-refractivity contribution in [1.82, 2.24) is 0 Å². The smallest absolute Gasteiger partial charge is 0.0726 e. The molecule has 0 unspecified atom stereocenters. The summed E-state index contributed by atoms with van der Waals surface area (Å²) < 4.78 is 2.65. The summed E-state index contributed by atoms with van der Waals surface area (Å²) in [5.41, 5.74) is 16.3. The summed E-state index contributed by atoms with van der Waals surface area (Å²) in [6, 6.07) is 69.5. The zero-order chi connectivity index (χ0) is 33.5. The molecular formula is C49H31NS. The maximum absolute atomic E-state index is 2.55. The maximum atomic E-state index is 2.55. The van der Waals surface area contributed by atoms with Crippen molar-refractivity contribution in [3.05, 3.63) is 210 Å². The van der Waals surface area contributed by atoms with Crippen molar-refractivity contribution in [3.63, 3.8) is 0 Å². The van der Waals surface area contributed by atoms with E-state index in [9.17, 15) is 0 Å². The zero-order valence-electron chi connectivity index (χ0n) is 27.8. The van der Waals surface area contributed by atoms with E-state index in [1.807, 2.05) is 11.3 Å². The van der Waals surface area contributed by atoms with Gasteiger partial charge >= 0.3 is 0 Å². The van der Waals surface area contributed by atoms with Gasteiger partial charge in [-0.3, -0.25) is 0 Å². The molecule has 2 aliphatic carbocycles. The summed E-state index contributed by atoms with van der Waals surface area (Å²) in [5, 5.41) is 2.66. The van der Waals surface area contributed by atoms with E-state index in [1.54, 1.807) is 0 Å². The van der Waals surface area contributed by atoms with Gasteiger partial charge in [-0.25, -0.2) is 0 Å². The highest BCUT2D eigenvalue weighted by molar-refractivity contribution is 7.26. The van der Waals surface area contributed by atoms with E-state index in [-0.39, 0.29) is 0 Å². The fraction of sp³-hybridized carbons (Fsp3) is 0.0204. The van der Waals surface area contributed by atoms with Crippen LogP contribution in [0.4, 0.5) is 17.1 Å². The third-order valence-electron chi connectivity index (χ3n) is 11.0. The Balaban J connectivity index is 1.33. The predicted octanol–water partition coefficient (Wildman–Crippen LogP) is 13.5. The molecule has 9 aromatic rings. The summed E-state index contributed by atoms with van der Waals surface area (Å²) in [5.74, 6) is 0. The van der Waals surface area contributed by atoms with Gasteiger partial charge in [0.1, 0.15) is 0 Å². The van der Waals surface area contributed by atoms with Gasteiger partial charge in [-0.2, -0.15) is 0 Å². The molecular weight excluding hydrogens is 635 g/mol. The minimum Gasteiger partial charge on any atom is -0.310 e. The molecule has 0 radical (unpaired) electrons. The molecule has 8 aromatic carbocycles. The van der Waals surface area contributed by atoms with Crippen LogP contribution < -0.4 is 4.90 Å². The molecule has 2 heteroatoms.